The Morgan fingerprint density at radius 3 is 2.85 bits per heavy atom. The van der Waals surface area contributed by atoms with Crippen molar-refractivity contribution in [3.8, 4) is 6.07 Å². The standard InChI is InChI=1S/C18H22ClN3O3S/c1-13-6-8-22(18(23)21-7-3-9-26(2,24)25)17(10-13)14-4-5-15(12-20)16(19)11-14/h3-5,9,11,13,17H,6-8,10H2,1-2H3,(H,21,23)/b9-3+. The quantitative estimate of drug-likeness (QED) is 0.847. The molecular weight excluding hydrogens is 374 g/mol. The summed E-state index contributed by atoms with van der Waals surface area (Å²) in [4.78, 5) is 14.3. The van der Waals surface area contributed by atoms with Crippen LogP contribution in [0.2, 0.25) is 5.02 Å². The van der Waals surface area contributed by atoms with Crippen LogP contribution in [0.3, 0.4) is 0 Å². The van der Waals surface area contributed by atoms with Crippen LogP contribution in [0.1, 0.15) is 36.9 Å². The third-order valence-corrected chi connectivity index (χ3v) is 5.34. The molecule has 2 atom stereocenters. The molecule has 8 heteroatoms. The molecule has 1 aromatic carbocycles. The van der Waals surface area contributed by atoms with E-state index in [4.69, 9.17) is 16.9 Å². The highest BCUT2D eigenvalue weighted by molar-refractivity contribution is 7.93. The zero-order chi connectivity index (χ0) is 19.3. The summed E-state index contributed by atoms with van der Waals surface area (Å²) >= 11 is 6.15. The summed E-state index contributed by atoms with van der Waals surface area (Å²) < 4.78 is 22.2. The molecule has 0 radical (unpaired) electrons. The van der Waals surface area contributed by atoms with Gasteiger partial charge in [-0.25, -0.2) is 13.2 Å². The lowest BCUT2D eigenvalue weighted by Gasteiger charge is -2.38. The number of sulfone groups is 1. The van der Waals surface area contributed by atoms with Gasteiger partial charge in [-0.15, -0.1) is 0 Å². The van der Waals surface area contributed by atoms with Crippen LogP contribution in [0.4, 0.5) is 4.79 Å². The monoisotopic (exact) mass is 395 g/mol. The molecule has 2 unspecified atom stereocenters. The lowest BCUT2D eigenvalue weighted by molar-refractivity contribution is 0.132. The van der Waals surface area contributed by atoms with E-state index in [9.17, 15) is 13.2 Å². The molecule has 1 aliphatic heterocycles. The number of likely N-dealkylation sites (tertiary alicyclic amines) is 1. The van der Waals surface area contributed by atoms with Gasteiger partial charge in [-0.1, -0.05) is 30.7 Å². The van der Waals surface area contributed by atoms with E-state index in [-0.39, 0.29) is 18.6 Å². The maximum atomic E-state index is 12.6. The Bertz CT molecular complexity index is 846. The predicted molar refractivity (Wildman–Crippen MR) is 101 cm³/mol. The van der Waals surface area contributed by atoms with Crippen molar-refractivity contribution < 1.29 is 13.2 Å². The lowest BCUT2D eigenvalue weighted by Crippen LogP contribution is -2.46. The molecule has 26 heavy (non-hydrogen) atoms. The van der Waals surface area contributed by atoms with E-state index in [0.717, 1.165) is 30.1 Å². The topological polar surface area (TPSA) is 90.3 Å². The summed E-state index contributed by atoms with van der Waals surface area (Å²) in [6, 6.07) is 6.89. The minimum absolute atomic E-state index is 0.136. The molecule has 1 aromatic rings. The Balaban J connectivity index is 2.14. The fraction of sp³-hybridized carbons (Fsp3) is 0.444. The number of piperidine rings is 1. The van der Waals surface area contributed by atoms with E-state index in [1.165, 1.54) is 6.08 Å². The summed E-state index contributed by atoms with van der Waals surface area (Å²) in [6.45, 7) is 2.88. The number of benzene rings is 1. The van der Waals surface area contributed by atoms with Crippen molar-refractivity contribution in [1.82, 2.24) is 10.2 Å². The van der Waals surface area contributed by atoms with Gasteiger partial charge in [-0.05, 0) is 36.5 Å². The summed E-state index contributed by atoms with van der Waals surface area (Å²) in [5, 5.41) is 13.2. The van der Waals surface area contributed by atoms with Crippen LogP contribution in [0.5, 0.6) is 0 Å². The highest BCUT2D eigenvalue weighted by atomic mass is 35.5. The molecule has 2 amide bonds. The summed E-state index contributed by atoms with van der Waals surface area (Å²) in [5.74, 6) is 0.462. The van der Waals surface area contributed by atoms with Gasteiger partial charge in [0.1, 0.15) is 6.07 Å². The molecule has 1 heterocycles. The first kappa shape index (κ1) is 20.3. The zero-order valence-electron chi connectivity index (χ0n) is 14.8. The minimum Gasteiger partial charge on any atom is -0.334 e. The first-order valence-corrected chi connectivity index (χ1v) is 10.6. The molecule has 6 nitrogen and oxygen atoms in total. The van der Waals surface area contributed by atoms with Crippen molar-refractivity contribution >= 4 is 27.5 Å². The third kappa shape index (κ3) is 5.48. The van der Waals surface area contributed by atoms with E-state index in [0.29, 0.717) is 23.0 Å². The highest BCUT2D eigenvalue weighted by Gasteiger charge is 2.31. The van der Waals surface area contributed by atoms with E-state index in [1.54, 1.807) is 17.0 Å². The van der Waals surface area contributed by atoms with Gasteiger partial charge in [0.05, 0.1) is 16.6 Å². The molecule has 140 valence electrons. The van der Waals surface area contributed by atoms with Crippen molar-refractivity contribution in [2.24, 2.45) is 5.92 Å². The van der Waals surface area contributed by atoms with Gasteiger partial charge in [0.2, 0.25) is 0 Å². The third-order valence-electron chi connectivity index (χ3n) is 4.34. The Kier molecular flexibility index (Phi) is 6.68. The van der Waals surface area contributed by atoms with Crippen molar-refractivity contribution in [2.45, 2.75) is 25.8 Å². The number of rotatable bonds is 4. The molecule has 0 spiro atoms. The van der Waals surface area contributed by atoms with Gasteiger partial charge < -0.3 is 10.2 Å². The highest BCUT2D eigenvalue weighted by Crippen LogP contribution is 2.35. The Labute approximate surface area is 159 Å². The molecule has 1 N–H and O–H groups in total. The SMILES string of the molecule is CC1CCN(C(=O)NC/C=C/S(C)(=O)=O)C(c2ccc(C#N)c(Cl)c2)C1. The van der Waals surface area contributed by atoms with E-state index >= 15 is 0 Å². The van der Waals surface area contributed by atoms with Crippen molar-refractivity contribution in [3.05, 3.63) is 45.8 Å². The normalized spacial score (nSPS) is 20.8. The number of hydrogen-bond acceptors (Lipinski definition) is 4. The molecular formula is C18H22ClN3O3S. The number of halogens is 1. The Hall–Kier alpha value is -2.04. The molecule has 1 fully saturated rings. The molecule has 0 aromatic heterocycles. The summed E-state index contributed by atoms with van der Waals surface area (Å²) in [5.41, 5.74) is 1.29. The van der Waals surface area contributed by atoms with Crippen LogP contribution in [-0.2, 0) is 9.84 Å². The second-order valence-electron chi connectivity index (χ2n) is 6.58. The van der Waals surface area contributed by atoms with Crippen LogP contribution in [0.25, 0.3) is 0 Å². The molecule has 2 rings (SSSR count). The predicted octanol–water partition coefficient (Wildman–Crippen LogP) is 3.25. The van der Waals surface area contributed by atoms with E-state index in [1.807, 2.05) is 12.1 Å². The minimum atomic E-state index is -3.21. The van der Waals surface area contributed by atoms with Crippen molar-refractivity contribution in [1.29, 1.82) is 5.26 Å². The van der Waals surface area contributed by atoms with Gasteiger partial charge in [-0.3, -0.25) is 0 Å². The number of nitrogens with zero attached hydrogens (tertiary/aromatic N) is 2. The number of urea groups is 1. The lowest BCUT2D eigenvalue weighted by atomic mass is 9.88. The van der Waals surface area contributed by atoms with E-state index < -0.39 is 9.84 Å². The van der Waals surface area contributed by atoms with Crippen LogP contribution < -0.4 is 5.32 Å². The second kappa shape index (κ2) is 8.56. The molecule has 0 saturated carbocycles. The second-order valence-corrected chi connectivity index (χ2v) is 8.92. The molecule has 0 bridgehead atoms. The average Bonchev–Trinajstić information content (AvgIpc) is 2.57. The van der Waals surface area contributed by atoms with E-state index in [2.05, 4.69) is 12.2 Å². The van der Waals surface area contributed by atoms with Crippen molar-refractivity contribution in [2.75, 3.05) is 19.3 Å². The van der Waals surface area contributed by atoms with Gasteiger partial charge in [0, 0.05) is 24.8 Å². The van der Waals surface area contributed by atoms with Gasteiger partial charge >= 0.3 is 6.03 Å². The first-order valence-electron chi connectivity index (χ1n) is 8.32. The van der Waals surface area contributed by atoms with Gasteiger partial charge in [0.25, 0.3) is 0 Å². The number of nitrogens with one attached hydrogen (secondary N) is 1. The van der Waals surface area contributed by atoms with Crippen LogP contribution in [0.15, 0.2) is 29.7 Å². The molecule has 1 saturated heterocycles. The number of nitriles is 1. The fourth-order valence-corrected chi connectivity index (χ4v) is 3.68. The van der Waals surface area contributed by atoms with Crippen LogP contribution in [0, 0.1) is 17.2 Å². The molecule has 1 aliphatic rings. The number of hydrogen-bond donors (Lipinski definition) is 1. The zero-order valence-corrected chi connectivity index (χ0v) is 16.3. The summed E-state index contributed by atoms with van der Waals surface area (Å²) in [7, 11) is -3.21. The maximum absolute atomic E-state index is 12.6. The van der Waals surface area contributed by atoms with Gasteiger partial charge in [-0.2, -0.15) is 5.26 Å². The number of amides is 2. The largest absolute Gasteiger partial charge is 0.334 e. The smallest absolute Gasteiger partial charge is 0.318 e. The molecule has 0 aliphatic carbocycles. The number of carbonyl (C=O) groups is 1. The van der Waals surface area contributed by atoms with Crippen molar-refractivity contribution in [3.63, 3.8) is 0 Å². The first-order chi connectivity index (χ1) is 12.2. The summed E-state index contributed by atoms with van der Waals surface area (Å²) in [6.07, 6.45) is 4.21. The number of carbonyl (C=O) groups excluding carboxylic acids is 1. The van der Waals surface area contributed by atoms with Gasteiger partial charge in [0.15, 0.2) is 9.84 Å². The van der Waals surface area contributed by atoms with Crippen LogP contribution >= 0.6 is 11.6 Å². The fourth-order valence-electron chi connectivity index (χ4n) is 3.00. The average molecular weight is 396 g/mol. The maximum Gasteiger partial charge on any atom is 0.318 e. The van der Waals surface area contributed by atoms with Crippen LogP contribution in [-0.4, -0.2) is 38.7 Å². The Morgan fingerprint density at radius 2 is 2.23 bits per heavy atom. The Morgan fingerprint density at radius 1 is 1.50 bits per heavy atom.